The molecule has 0 aliphatic rings. The Morgan fingerprint density at radius 2 is 1.84 bits per heavy atom. The van der Waals surface area contributed by atoms with Crippen LogP contribution >= 0.6 is 0 Å². The van der Waals surface area contributed by atoms with Gasteiger partial charge in [0.2, 0.25) is 10.0 Å². The van der Waals surface area contributed by atoms with E-state index in [2.05, 4.69) is 5.32 Å². The summed E-state index contributed by atoms with van der Waals surface area (Å²) in [4.78, 5) is 22.0. The fraction of sp³-hybridized carbons (Fsp3) is 0.778. The second kappa shape index (κ2) is 7.26. The number of amides is 2. The van der Waals surface area contributed by atoms with Crippen LogP contribution in [0.5, 0.6) is 0 Å². The number of carboxylic acids is 1. The Kier molecular flexibility index (Phi) is 6.73. The topological polar surface area (TPSA) is 136 Å². The van der Waals surface area contributed by atoms with Gasteiger partial charge in [-0.05, 0) is 6.92 Å². The molecule has 0 aromatic carbocycles. The molecule has 0 heterocycles. The van der Waals surface area contributed by atoms with Crippen molar-refractivity contribution in [2.24, 2.45) is 0 Å². The van der Waals surface area contributed by atoms with Crippen LogP contribution in [0.15, 0.2) is 0 Å². The summed E-state index contributed by atoms with van der Waals surface area (Å²) in [5.41, 5.74) is 0. The minimum atomic E-state index is -3.43. The summed E-state index contributed by atoms with van der Waals surface area (Å²) in [5, 5.41) is 22.1. The zero-order valence-electron chi connectivity index (χ0n) is 11.0. The second-order valence-electron chi connectivity index (χ2n) is 4.06. The first-order valence-corrected chi connectivity index (χ1v) is 7.04. The molecule has 9 nitrogen and oxygen atoms in total. The van der Waals surface area contributed by atoms with Gasteiger partial charge in [0, 0.05) is 20.6 Å². The van der Waals surface area contributed by atoms with Gasteiger partial charge in [-0.25, -0.2) is 22.3 Å². The molecule has 0 aliphatic carbocycles. The van der Waals surface area contributed by atoms with Crippen molar-refractivity contribution < 1.29 is 28.2 Å². The van der Waals surface area contributed by atoms with Gasteiger partial charge in [0.15, 0.2) is 6.04 Å². The molecule has 0 aromatic heterocycles. The number of sulfonamides is 1. The van der Waals surface area contributed by atoms with Crippen LogP contribution in [0.1, 0.15) is 6.92 Å². The lowest BCUT2D eigenvalue weighted by atomic mass is 10.2. The Bertz CT molecular complexity index is 420. The Labute approximate surface area is 111 Å². The first kappa shape index (κ1) is 17.6. The number of hydrogen-bond acceptors (Lipinski definition) is 5. The lowest BCUT2D eigenvalue weighted by Crippen LogP contribution is -2.51. The quantitative estimate of drug-likeness (QED) is 0.429. The summed E-state index contributed by atoms with van der Waals surface area (Å²) in [6.07, 6.45) is -1.27. The maximum atomic E-state index is 11.4. The fourth-order valence-corrected chi connectivity index (χ4v) is 1.78. The summed E-state index contributed by atoms with van der Waals surface area (Å²) < 4.78 is 23.8. The van der Waals surface area contributed by atoms with E-state index in [9.17, 15) is 18.0 Å². The van der Waals surface area contributed by atoms with Crippen molar-refractivity contribution in [1.29, 1.82) is 0 Å². The maximum Gasteiger partial charge on any atom is 0.328 e. The normalized spacial score (nSPS) is 14.8. The minimum Gasteiger partial charge on any atom is -0.480 e. The van der Waals surface area contributed by atoms with Crippen LogP contribution in [0.3, 0.4) is 0 Å². The van der Waals surface area contributed by atoms with E-state index in [1.165, 1.54) is 21.0 Å². The van der Waals surface area contributed by atoms with E-state index in [0.29, 0.717) is 0 Å². The lowest BCUT2D eigenvalue weighted by Gasteiger charge is -2.17. The summed E-state index contributed by atoms with van der Waals surface area (Å²) in [7, 11) is -0.701. The van der Waals surface area contributed by atoms with Gasteiger partial charge in [0.25, 0.3) is 0 Å². The highest BCUT2D eigenvalue weighted by Gasteiger charge is 2.25. The number of nitrogens with one attached hydrogen (secondary N) is 2. The predicted molar refractivity (Wildman–Crippen MR) is 67.1 cm³/mol. The van der Waals surface area contributed by atoms with Crippen molar-refractivity contribution in [1.82, 2.24) is 14.9 Å². The number of urea groups is 1. The number of carbonyl (C=O) groups excluding carboxylic acids is 1. The number of aliphatic hydroxyl groups excluding tert-OH is 1. The molecule has 0 aliphatic heterocycles. The molecule has 0 bridgehead atoms. The Morgan fingerprint density at radius 3 is 2.21 bits per heavy atom. The molecule has 2 unspecified atom stereocenters. The van der Waals surface area contributed by atoms with Crippen LogP contribution < -0.4 is 10.6 Å². The minimum absolute atomic E-state index is 0.168. The summed E-state index contributed by atoms with van der Waals surface area (Å²) in [6, 6.07) is -2.31. The molecule has 0 rings (SSSR count). The molecule has 0 saturated carbocycles. The fourth-order valence-electron chi connectivity index (χ4n) is 1.06. The Morgan fingerprint density at radius 1 is 1.32 bits per heavy atom. The molecule has 2 atom stereocenters. The van der Waals surface area contributed by atoms with E-state index in [1.807, 2.05) is 5.32 Å². The summed E-state index contributed by atoms with van der Waals surface area (Å²) >= 11 is 0. The van der Waals surface area contributed by atoms with Crippen LogP contribution in [0, 0.1) is 0 Å². The third kappa shape index (κ3) is 6.36. The van der Waals surface area contributed by atoms with Gasteiger partial charge >= 0.3 is 12.0 Å². The van der Waals surface area contributed by atoms with Gasteiger partial charge in [-0.15, -0.1) is 0 Å². The van der Waals surface area contributed by atoms with Crippen LogP contribution in [-0.2, 0) is 14.8 Å². The average molecular weight is 297 g/mol. The van der Waals surface area contributed by atoms with Gasteiger partial charge < -0.3 is 20.8 Å². The van der Waals surface area contributed by atoms with Crippen LogP contribution in [-0.4, -0.2) is 73.5 Å². The first-order chi connectivity index (χ1) is 8.58. The van der Waals surface area contributed by atoms with Gasteiger partial charge in [0.05, 0.1) is 11.9 Å². The number of rotatable bonds is 7. The van der Waals surface area contributed by atoms with Crippen LogP contribution in [0.25, 0.3) is 0 Å². The number of aliphatic hydroxyl groups is 1. The Balaban J connectivity index is 4.24. The van der Waals surface area contributed by atoms with Crippen molar-refractivity contribution in [3.63, 3.8) is 0 Å². The van der Waals surface area contributed by atoms with E-state index in [0.717, 1.165) is 4.31 Å². The van der Waals surface area contributed by atoms with Crippen LogP contribution in [0.4, 0.5) is 4.79 Å². The summed E-state index contributed by atoms with van der Waals surface area (Å²) in [5.74, 6) is -1.69. The predicted octanol–water partition coefficient (Wildman–Crippen LogP) is -1.99. The SMILES string of the molecule is CC(O)C(NC(=O)NCCS(=O)(=O)N(C)C)C(=O)O. The highest BCUT2D eigenvalue weighted by Crippen LogP contribution is 1.94. The third-order valence-electron chi connectivity index (χ3n) is 2.24. The smallest absolute Gasteiger partial charge is 0.328 e. The maximum absolute atomic E-state index is 11.4. The van der Waals surface area contributed by atoms with Crippen LogP contribution in [0.2, 0.25) is 0 Å². The molecule has 112 valence electrons. The molecule has 0 saturated heterocycles. The van der Waals surface area contributed by atoms with Crippen molar-refractivity contribution in [2.75, 3.05) is 26.4 Å². The molecule has 0 radical (unpaired) electrons. The second-order valence-corrected chi connectivity index (χ2v) is 6.36. The van der Waals surface area contributed by atoms with Gasteiger partial charge in [0.1, 0.15) is 0 Å². The van der Waals surface area contributed by atoms with E-state index in [-0.39, 0.29) is 12.3 Å². The highest BCUT2D eigenvalue weighted by atomic mass is 32.2. The molecule has 10 heteroatoms. The lowest BCUT2D eigenvalue weighted by molar-refractivity contribution is -0.141. The molecule has 0 spiro atoms. The monoisotopic (exact) mass is 297 g/mol. The number of carbonyl (C=O) groups is 2. The van der Waals surface area contributed by atoms with Gasteiger partial charge in [-0.1, -0.05) is 0 Å². The molecule has 4 N–H and O–H groups in total. The van der Waals surface area contributed by atoms with Crippen molar-refractivity contribution in [2.45, 2.75) is 19.1 Å². The number of carboxylic acid groups (broad SMARTS) is 1. The molecule has 0 fully saturated rings. The van der Waals surface area contributed by atoms with Crippen molar-refractivity contribution in [3.8, 4) is 0 Å². The number of nitrogens with zero attached hydrogens (tertiary/aromatic N) is 1. The van der Waals surface area contributed by atoms with E-state index >= 15 is 0 Å². The number of aliphatic carboxylic acids is 1. The zero-order valence-corrected chi connectivity index (χ0v) is 11.8. The van der Waals surface area contributed by atoms with E-state index < -0.39 is 34.2 Å². The molecule has 19 heavy (non-hydrogen) atoms. The number of hydrogen-bond donors (Lipinski definition) is 4. The first-order valence-electron chi connectivity index (χ1n) is 5.43. The van der Waals surface area contributed by atoms with Crippen molar-refractivity contribution >= 4 is 22.0 Å². The van der Waals surface area contributed by atoms with Crippen molar-refractivity contribution in [3.05, 3.63) is 0 Å². The zero-order chi connectivity index (χ0) is 15.2. The van der Waals surface area contributed by atoms with E-state index in [1.54, 1.807) is 0 Å². The highest BCUT2D eigenvalue weighted by molar-refractivity contribution is 7.89. The standard InChI is InChI=1S/C9H19N3O6S/c1-6(13)7(8(14)15)11-9(16)10-4-5-19(17,18)12(2)3/h6-7,13H,4-5H2,1-3H3,(H,14,15)(H2,10,11,16). The van der Waals surface area contributed by atoms with Gasteiger partial charge in [-0.3, -0.25) is 0 Å². The molecular weight excluding hydrogens is 278 g/mol. The summed E-state index contributed by atoms with van der Waals surface area (Å²) in [6.45, 7) is 1.05. The third-order valence-corrected chi connectivity index (χ3v) is 4.07. The molecule has 2 amide bonds. The van der Waals surface area contributed by atoms with E-state index in [4.69, 9.17) is 10.2 Å². The average Bonchev–Trinajstić information content (AvgIpc) is 2.24. The largest absolute Gasteiger partial charge is 0.480 e. The molecular formula is C9H19N3O6S. The Hall–Kier alpha value is -1.39. The molecule has 0 aromatic rings. The van der Waals surface area contributed by atoms with Gasteiger partial charge in [-0.2, -0.15) is 0 Å².